The van der Waals surface area contributed by atoms with Gasteiger partial charge in [-0.15, -0.1) is 0 Å². The molecule has 0 aromatic heterocycles. The Morgan fingerprint density at radius 3 is 0.900 bits per heavy atom. The van der Waals surface area contributed by atoms with Crippen molar-refractivity contribution in [2.75, 3.05) is 10.9 Å². The van der Waals surface area contributed by atoms with Gasteiger partial charge in [0.25, 0.3) is 64.1 Å². The third-order valence-corrected chi connectivity index (χ3v) is 13.7. The maximum atomic E-state index is 14.0. The van der Waals surface area contributed by atoms with Crippen molar-refractivity contribution >= 4 is 119 Å². The molecule has 0 saturated heterocycles. The fourth-order valence-electron chi connectivity index (χ4n) is 7.68. The van der Waals surface area contributed by atoms with E-state index in [1.54, 1.807) is 0 Å². The monoisotopic (exact) mass is 892 g/mol. The average molecular weight is 893 g/mol. The molecular weight excluding hydrogens is 873 g/mol. The predicted molar refractivity (Wildman–Crippen MR) is 208 cm³/mol. The van der Waals surface area contributed by atoms with E-state index in [-0.39, 0.29) is 33.0 Å². The lowest BCUT2D eigenvalue weighted by Crippen LogP contribution is -2.44. The summed E-state index contributed by atoms with van der Waals surface area (Å²) in [4.78, 5) is 52.6. The Bertz CT molecular complexity index is 3340. The molecular formula is C36H20N4O16S4. The number of hydrogen-bond donors (Lipinski definition) is 6. The molecule has 24 heteroatoms. The normalized spacial score (nSPS) is 14.9. The highest BCUT2D eigenvalue weighted by molar-refractivity contribution is 7.87. The highest BCUT2D eigenvalue weighted by Crippen LogP contribution is 2.46. The summed E-state index contributed by atoms with van der Waals surface area (Å²) in [7, 11) is -20.0. The maximum absolute atomic E-state index is 14.0. The van der Waals surface area contributed by atoms with Crippen molar-refractivity contribution in [3.05, 3.63) is 107 Å². The third-order valence-electron chi connectivity index (χ3n) is 10.2. The van der Waals surface area contributed by atoms with Gasteiger partial charge in [0.1, 0.15) is 9.79 Å². The van der Waals surface area contributed by atoms with Crippen LogP contribution < -0.4 is 10.9 Å². The van der Waals surface area contributed by atoms with E-state index in [1.165, 1.54) is 48.5 Å². The molecule has 304 valence electrons. The first kappa shape index (κ1) is 38.9. The Morgan fingerprint density at radius 2 is 0.650 bits per heavy atom. The van der Waals surface area contributed by atoms with Crippen molar-refractivity contribution in [3.8, 4) is 0 Å². The number of imide groups is 2. The number of carbonyl (C=O) groups excluding carboxylic acids is 4. The lowest BCUT2D eigenvalue weighted by atomic mass is 9.82. The van der Waals surface area contributed by atoms with Gasteiger partial charge in [0, 0.05) is 10.8 Å². The van der Waals surface area contributed by atoms with Crippen LogP contribution in [0.25, 0.3) is 43.1 Å². The van der Waals surface area contributed by atoms with Crippen molar-refractivity contribution in [2.24, 2.45) is 0 Å². The number of nitrogens with one attached hydrogen (secondary N) is 2. The average Bonchev–Trinajstić information content (AvgIpc) is 3.17. The molecule has 7 aromatic rings. The van der Waals surface area contributed by atoms with Crippen molar-refractivity contribution in [3.63, 3.8) is 0 Å². The molecule has 0 fully saturated rings. The summed E-state index contributed by atoms with van der Waals surface area (Å²) in [6, 6.07) is 15.5. The molecule has 0 radical (unpaired) electrons. The molecule has 60 heavy (non-hydrogen) atoms. The molecule has 9 rings (SSSR count). The largest absolute Gasteiger partial charge is 0.296 e. The first-order chi connectivity index (χ1) is 28.0. The van der Waals surface area contributed by atoms with Crippen LogP contribution in [0.5, 0.6) is 0 Å². The van der Waals surface area contributed by atoms with Gasteiger partial charge in [-0.25, -0.2) is 0 Å². The lowest BCUT2D eigenvalue weighted by Gasteiger charge is -2.31. The number of carbonyl (C=O) groups is 4. The van der Waals surface area contributed by atoms with Gasteiger partial charge in [-0.05, 0) is 93.0 Å². The Balaban J connectivity index is 1.18. The van der Waals surface area contributed by atoms with E-state index >= 15 is 0 Å². The fourth-order valence-corrected chi connectivity index (χ4v) is 9.93. The standard InChI is InChI=1S/C36H20N4O16S4/c41-33-21-7-3-17-19-5-9-23-32-24(36(44)40(35(23)43)38-26-14-16(58(48,49)50)2-12-28(26)60(54,55)56)10-6-20(30(19)32)18-4-8-22(31(21)29(17)18)34(42)39(33)37-25-13-15(57(45,46)47)1-11-27(25)59(51,52)53/h1-14,37-38H,(H,45,46,47)(H,48,49,50)(H,51,52,53)(H,54,55,56). The van der Waals surface area contributed by atoms with E-state index in [4.69, 9.17) is 0 Å². The maximum Gasteiger partial charge on any atom is 0.296 e. The summed E-state index contributed by atoms with van der Waals surface area (Å²) in [5.41, 5.74) is 2.81. The number of anilines is 2. The number of rotatable bonds is 8. The molecule has 0 unspecified atom stereocenters. The van der Waals surface area contributed by atoms with E-state index in [0.717, 1.165) is 0 Å². The molecule has 20 nitrogen and oxygen atoms in total. The number of hydrazine groups is 2. The second kappa shape index (κ2) is 12.4. The van der Waals surface area contributed by atoms with Crippen molar-refractivity contribution in [1.82, 2.24) is 10.0 Å². The van der Waals surface area contributed by atoms with Crippen LogP contribution in [0.1, 0.15) is 41.4 Å². The van der Waals surface area contributed by atoms with Crippen molar-refractivity contribution < 1.29 is 71.1 Å². The highest BCUT2D eigenvalue weighted by Gasteiger charge is 2.39. The molecule has 0 aliphatic carbocycles. The minimum absolute atomic E-state index is 0.0690. The summed E-state index contributed by atoms with van der Waals surface area (Å²) < 4.78 is 135. The molecule has 0 spiro atoms. The van der Waals surface area contributed by atoms with Crippen LogP contribution in [-0.2, 0) is 40.5 Å². The number of hydrogen-bond acceptors (Lipinski definition) is 14. The number of fused-ring (bicyclic) bond motifs is 2. The Labute approximate surface area is 335 Å². The van der Waals surface area contributed by atoms with Crippen molar-refractivity contribution in [2.45, 2.75) is 19.6 Å². The molecule has 2 heterocycles. The summed E-state index contributed by atoms with van der Waals surface area (Å²) in [6.07, 6.45) is 0. The smallest absolute Gasteiger partial charge is 0.287 e. The summed E-state index contributed by atoms with van der Waals surface area (Å²) in [6.45, 7) is 0. The van der Waals surface area contributed by atoms with Crippen LogP contribution >= 0.6 is 0 Å². The number of nitrogens with zero attached hydrogens (tertiary/aromatic N) is 2. The Kier molecular flexibility index (Phi) is 8.06. The van der Waals surface area contributed by atoms with E-state index in [2.05, 4.69) is 10.9 Å². The van der Waals surface area contributed by atoms with E-state index in [9.17, 15) is 71.1 Å². The van der Waals surface area contributed by atoms with Crippen LogP contribution in [-0.4, -0.2) is 85.5 Å². The molecule has 0 bridgehead atoms. The predicted octanol–water partition coefficient (Wildman–Crippen LogP) is 3.97. The summed E-state index contributed by atoms with van der Waals surface area (Å²) >= 11 is 0. The number of amides is 4. The first-order valence-corrected chi connectivity index (χ1v) is 22.4. The number of benzene rings is 7. The van der Waals surface area contributed by atoms with Gasteiger partial charge in [0.05, 0.1) is 43.4 Å². The zero-order valence-corrected chi connectivity index (χ0v) is 32.6. The minimum Gasteiger partial charge on any atom is -0.287 e. The van der Waals surface area contributed by atoms with Gasteiger partial charge in [0.2, 0.25) is 0 Å². The van der Waals surface area contributed by atoms with E-state index in [1.807, 2.05) is 0 Å². The van der Waals surface area contributed by atoms with Gasteiger partial charge in [-0.3, -0.25) is 48.2 Å². The van der Waals surface area contributed by atoms with Crippen molar-refractivity contribution in [1.29, 1.82) is 0 Å². The van der Waals surface area contributed by atoms with Gasteiger partial charge in [-0.1, -0.05) is 24.3 Å². The van der Waals surface area contributed by atoms with Crippen LogP contribution in [0.3, 0.4) is 0 Å². The lowest BCUT2D eigenvalue weighted by molar-refractivity contribution is 0.0633. The van der Waals surface area contributed by atoms with Crippen LogP contribution in [0.15, 0.2) is 105 Å². The highest BCUT2D eigenvalue weighted by atomic mass is 32.2. The van der Waals surface area contributed by atoms with Crippen LogP contribution in [0.4, 0.5) is 11.4 Å². The SMILES string of the molecule is O=C1c2ccc3c4ccc5c6c(ccc(c7ccc(c2c37)C(=O)N1Nc1cc(S(=O)(=O)O)ccc1S(=O)(=O)O)c64)C(=O)N(Nc1cc(S(=O)(=O)O)ccc1S(=O)(=O)O)C5=O. The second-order valence-corrected chi connectivity index (χ2v) is 19.1. The van der Waals surface area contributed by atoms with Gasteiger partial charge in [0.15, 0.2) is 0 Å². The van der Waals surface area contributed by atoms with E-state index in [0.29, 0.717) is 78.7 Å². The molecule has 0 atom stereocenters. The zero-order chi connectivity index (χ0) is 43.2. The zero-order valence-electron chi connectivity index (χ0n) is 29.3. The van der Waals surface area contributed by atoms with Gasteiger partial charge >= 0.3 is 0 Å². The van der Waals surface area contributed by atoms with Crippen LogP contribution in [0, 0.1) is 0 Å². The molecule has 2 aliphatic rings. The fraction of sp³-hybridized carbons (Fsp3) is 0. The molecule has 7 aromatic carbocycles. The topological polar surface area (TPSA) is 316 Å². The van der Waals surface area contributed by atoms with Gasteiger partial charge in [-0.2, -0.15) is 43.7 Å². The van der Waals surface area contributed by atoms with Crippen LogP contribution in [0.2, 0.25) is 0 Å². The molecule has 6 N–H and O–H groups in total. The Hall–Kier alpha value is -6.64. The second-order valence-electron chi connectivity index (χ2n) is 13.5. The summed E-state index contributed by atoms with van der Waals surface area (Å²) in [5.74, 6) is -4.08. The quantitative estimate of drug-likeness (QED) is 0.0544. The van der Waals surface area contributed by atoms with Gasteiger partial charge < -0.3 is 0 Å². The Morgan fingerprint density at radius 1 is 0.367 bits per heavy atom. The van der Waals surface area contributed by atoms with E-state index < -0.39 is 95.1 Å². The third kappa shape index (κ3) is 5.69. The first-order valence-electron chi connectivity index (χ1n) is 16.7. The molecule has 2 aliphatic heterocycles. The molecule has 4 amide bonds. The minimum atomic E-state index is -5.07. The molecule has 0 saturated carbocycles. The summed E-state index contributed by atoms with van der Waals surface area (Å²) in [5, 5.41) is 3.80.